The van der Waals surface area contributed by atoms with Gasteiger partial charge < -0.3 is 0 Å². The van der Waals surface area contributed by atoms with E-state index >= 15 is 0 Å². The number of aryl methyl sites for hydroxylation is 1. The molecule has 2 nitrogen and oxygen atoms in total. The first-order valence-corrected chi connectivity index (χ1v) is 2.80. The zero-order valence-corrected chi connectivity index (χ0v) is 5.55. The third-order valence-corrected chi connectivity index (χ3v) is 1.51. The lowest BCUT2D eigenvalue weighted by Gasteiger charge is -1.90. The third-order valence-electron chi connectivity index (χ3n) is 1.51. The van der Waals surface area contributed by atoms with Crippen LogP contribution in [0.15, 0.2) is 12.3 Å². The Morgan fingerprint density at radius 1 is 1.56 bits per heavy atom. The largest absolute Gasteiger partial charge is 0.259 e. The van der Waals surface area contributed by atoms with Crippen LogP contribution < -0.4 is 0 Å². The summed E-state index contributed by atoms with van der Waals surface area (Å²) in [6, 6.07) is 1.93. The smallest absolute Gasteiger partial charge is 0.188 e. The summed E-state index contributed by atoms with van der Waals surface area (Å²) in [4.78, 5) is 0. The normalized spacial score (nSPS) is 9.00. The molecule has 1 heterocycles. The van der Waals surface area contributed by atoms with Crippen LogP contribution in [0, 0.1) is 25.3 Å². The fourth-order valence-electron chi connectivity index (χ4n) is 0.717. The average Bonchev–Trinajstić information content (AvgIpc) is 2.15. The van der Waals surface area contributed by atoms with E-state index in [9.17, 15) is 0 Å². The summed E-state index contributed by atoms with van der Waals surface area (Å²) in [5.74, 6) is 0. The molecule has 0 amide bonds. The molecule has 0 bridgehead atoms. The van der Waals surface area contributed by atoms with Crippen molar-refractivity contribution in [1.82, 2.24) is 4.57 Å². The van der Waals surface area contributed by atoms with E-state index in [2.05, 4.69) is 0 Å². The molecule has 0 N–H and O–H groups in total. The van der Waals surface area contributed by atoms with Gasteiger partial charge in [0.25, 0.3) is 0 Å². The van der Waals surface area contributed by atoms with Crippen LogP contribution in [0.25, 0.3) is 0 Å². The summed E-state index contributed by atoms with van der Waals surface area (Å²) in [5.41, 5.74) is 2.19. The molecule has 0 aromatic carbocycles. The zero-order chi connectivity index (χ0) is 6.85. The number of aromatic nitrogens is 1. The summed E-state index contributed by atoms with van der Waals surface area (Å²) in [6.07, 6.45) is 3.80. The third kappa shape index (κ3) is 0.812. The summed E-state index contributed by atoms with van der Waals surface area (Å²) < 4.78 is 1.55. The first kappa shape index (κ1) is 5.90. The van der Waals surface area contributed by atoms with Gasteiger partial charge in [-0.05, 0) is 25.5 Å². The number of rotatable bonds is 0. The minimum atomic E-state index is 1.03. The van der Waals surface area contributed by atoms with Crippen molar-refractivity contribution in [3.05, 3.63) is 23.5 Å². The van der Waals surface area contributed by atoms with Gasteiger partial charge >= 0.3 is 0 Å². The molecule has 1 aromatic heterocycles. The van der Waals surface area contributed by atoms with Gasteiger partial charge in [0.15, 0.2) is 6.19 Å². The molecule has 1 rings (SSSR count). The molecule has 0 aliphatic rings. The number of hydrogen-bond donors (Lipinski definition) is 0. The maximum Gasteiger partial charge on any atom is 0.188 e. The van der Waals surface area contributed by atoms with Crippen LogP contribution in [-0.2, 0) is 0 Å². The van der Waals surface area contributed by atoms with Gasteiger partial charge in [-0.15, -0.1) is 0 Å². The Kier molecular flexibility index (Phi) is 1.27. The van der Waals surface area contributed by atoms with Gasteiger partial charge in [0.2, 0.25) is 0 Å². The van der Waals surface area contributed by atoms with Crippen molar-refractivity contribution in [3.63, 3.8) is 0 Å². The highest BCUT2D eigenvalue weighted by Gasteiger charge is 1.95. The second kappa shape index (κ2) is 1.94. The van der Waals surface area contributed by atoms with Crippen LogP contribution in [-0.4, -0.2) is 4.57 Å². The van der Waals surface area contributed by atoms with E-state index in [1.165, 1.54) is 0 Å². The Hall–Kier alpha value is -1.23. The molecule has 2 heteroatoms. The molecule has 9 heavy (non-hydrogen) atoms. The second-order valence-corrected chi connectivity index (χ2v) is 2.05. The molecule has 0 aliphatic carbocycles. The van der Waals surface area contributed by atoms with Gasteiger partial charge in [-0.3, -0.25) is 4.57 Å². The van der Waals surface area contributed by atoms with Gasteiger partial charge in [0, 0.05) is 11.9 Å². The van der Waals surface area contributed by atoms with E-state index in [0.717, 1.165) is 11.3 Å². The summed E-state index contributed by atoms with van der Waals surface area (Å²) in [7, 11) is 0. The molecular formula is C7H8N2. The monoisotopic (exact) mass is 120 g/mol. The van der Waals surface area contributed by atoms with E-state index in [1.807, 2.05) is 26.1 Å². The van der Waals surface area contributed by atoms with Crippen molar-refractivity contribution < 1.29 is 0 Å². The van der Waals surface area contributed by atoms with E-state index in [-0.39, 0.29) is 0 Å². The standard InChI is InChI=1S/C7H8N2/c1-6-3-4-9(5-8)7(6)2/h3-4H,1-2H3. The van der Waals surface area contributed by atoms with Gasteiger partial charge in [0.05, 0.1) is 0 Å². The Balaban J connectivity index is 3.24. The van der Waals surface area contributed by atoms with Crippen molar-refractivity contribution in [2.75, 3.05) is 0 Å². The van der Waals surface area contributed by atoms with Crippen LogP contribution in [0.1, 0.15) is 11.3 Å². The second-order valence-electron chi connectivity index (χ2n) is 2.05. The highest BCUT2D eigenvalue weighted by atomic mass is 14.9. The molecule has 0 saturated carbocycles. The lowest BCUT2D eigenvalue weighted by atomic mass is 10.3. The number of hydrogen-bond acceptors (Lipinski definition) is 1. The van der Waals surface area contributed by atoms with Crippen molar-refractivity contribution in [3.8, 4) is 6.19 Å². The first-order valence-electron chi connectivity index (χ1n) is 2.80. The Labute approximate surface area is 54.3 Å². The predicted molar refractivity (Wildman–Crippen MR) is 34.9 cm³/mol. The number of nitriles is 1. The predicted octanol–water partition coefficient (Wildman–Crippen LogP) is 1.43. The highest BCUT2D eigenvalue weighted by Crippen LogP contribution is 2.05. The van der Waals surface area contributed by atoms with Gasteiger partial charge in [-0.2, -0.15) is 5.26 Å². The lowest BCUT2D eigenvalue weighted by molar-refractivity contribution is 1.02. The minimum absolute atomic E-state index is 1.03. The van der Waals surface area contributed by atoms with Crippen LogP contribution in [0.2, 0.25) is 0 Å². The zero-order valence-electron chi connectivity index (χ0n) is 5.55. The van der Waals surface area contributed by atoms with Crippen LogP contribution in [0.5, 0.6) is 0 Å². The van der Waals surface area contributed by atoms with Crippen LogP contribution >= 0.6 is 0 Å². The maximum atomic E-state index is 8.44. The molecular weight excluding hydrogens is 112 g/mol. The Morgan fingerprint density at radius 3 is 2.44 bits per heavy atom. The average molecular weight is 120 g/mol. The molecule has 0 atom stereocenters. The molecule has 0 spiro atoms. The minimum Gasteiger partial charge on any atom is -0.259 e. The lowest BCUT2D eigenvalue weighted by Crippen LogP contribution is -1.87. The van der Waals surface area contributed by atoms with E-state index < -0.39 is 0 Å². The SMILES string of the molecule is Cc1ccn(C#N)c1C. The van der Waals surface area contributed by atoms with Crippen LogP contribution in [0.4, 0.5) is 0 Å². The van der Waals surface area contributed by atoms with Gasteiger partial charge in [-0.1, -0.05) is 0 Å². The first-order chi connectivity index (χ1) is 4.25. The molecule has 0 aliphatic heterocycles. The molecule has 0 unspecified atom stereocenters. The summed E-state index contributed by atoms with van der Waals surface area (Å²) >= 11 is 0. The molecule has 0 fully saturated rings. The van der Waals surface area contributed by atoms with Crippen molar-refractivity contribution in [1.29, 1.82) is 5.26 Å². The fourth-order valence-corrected chi connectivity index (χ4v) is 0.717. The molecule has 1 aromatic rings. The van der Waals surface area contributed by atoms with Crippen molar-refractivity contribution >= 4 is 0 Å². The highest BCUT2D eigenvalue weighted by molar-refractivity contribution is 5.21. The van der Waals surface area contributed by atoms with Crippen molar-refractivity contribution in [2.45, 2.75) is 13.8 Å². The fraction of sp³-hybridized carbons (Fsp3) is 0.286. The van der Waals surface area contributed by atoms with Crippen molar-refractivity contribution in [2.24, 2.45) is 0 Å². The van der Waals surface area contributed by atoms with E-state index in [0.29, 0.717) is 0 Å². The van der Waals surface area contributed by atoms with E-state index in [4.69, 9.17) is 5.26 Å². The Bertz CT molecular complexity index is 252. The Morgan fingerprint density at radius 2 is 2.22 bits per heavy atom. The number of nitrogens with zero attached hydrogens (tertiary/aromatic N) is 2. The van der Waals surface area contributed by atoms with Crippen LogP contribution in [0.3, 0.4) is 0 Å². The quantitative estimate of drug-likeness (QED) is 0.509. The topological polar surface area (TPSA) is 28.7 Å². The van der Waals surface area contributed by atoms with Gasteiger partial charge in [-0.25, -0.2) is 0 Å². The molecule has 0 radical (unpaired) electrons. The summed E-state index contributed by atoms with van der Waals surface area (Å²) in [5, 5.41) is 8.44. The molecule has 46 valence electrons. The molecule has 0 saturated heterocycles. The van der Waals surface area contributed by atoms with E-state index in [1.54, 1.807) is 10.8 Å². The summed E-state index contributed by atoms with van der Waals surface area (Å²) in [6.45, 7) is 3.92. The van der Waals surface area contributed by atoms with Gasteiger partial charge in [0.1, 0.15) is 0 Å². The maximum absolute atomic E-state index is 8.44.